The number of carbonyl (C=O) groups excluding carboxylic acids is 1. The van der Waals surface area contributed by atoms with Crippen molar-refractivity contribution in [3.8, 4) is 0 Å². The summed E-state index contributed by atoms with van der Waals surface area (Å²) in [5.74, 6) is -1.73. The van der Waals surface area contributed by atoms with E-state index in [1.54, 1.807) is 30.8 Å². The SMILES string of the molecule is CC(C)Sc1ccccc1C(=O)NCC(C)C(=O)O. The van der Waals surface area contributed by atoms with E-state index >= 15 is 0 Å². The summed E-state index contributed by atoms with van der Waals surface area (Å²) < 4.78 is 0. The van der Waals surface area contributed by atoms with Crippen LogP contribution >= 0.6 is 11.8 Å². The van der Waals surface area contributed by atoms with Crippen molar-refractivity contribution in [2.45, 2.75) is 30.9 Å². The monoisotopic (exact) mass is 281 g/mol. The fraction of sp³-hybridized carbons (Fsp3) is 0.429. The molecule has 1 amide bonds. The molecule has 5 heteroatoms. The molecule has 1 rings (SSSR count). The van der Waals surface area contributed by atoms with Gasteiger partial charge in [-0.15, -0.1) is 11.8 Å². The zero-order valence-electron chi connectivity index (χ0n) is 11.3. The van der Waals surface area contributed by atoms with Gasteiger partial charge in [-0.3, -0.25) is 9.59 Å². The highest BCUT2D eigenvalue weighted by molar-refractivity contribution is 8.00. The van der Waals surface area contributed by atoms with Crippen molar-refractivity contribution in [1.82, 2.24) is 5.32 Å². The van der Waals surface area contributed by atoms with Gasteiger partial charge in [-0.25, -0.2) is 0 Å². The van der Waals surface area contributed by atoms with Crippen molar-refractivity contribution in [2.75, 3.05) is 6.54 Å². The molecule has 4 nitrogen and oxygen atoms in total. The zero-order valence-corrected chi connectivity index (χ0v) is 12.2. The largest absolute Gasteiger partial charge is 0.481 e. The Balaban J connectivity index is 2.74. The molecule has 0 saturated heterocycles. The number of thioether (sulfide) groups is 1. The van der Waals surface area contributed by atoms with E-state index in [1.165, 1.54) is 0 Å². The molecule has 0 aliphatic carbocycles. The van der Waals surface area contributed by atoms with Gasteiger partial charge < -0.3 is 10.4 Å². The Bertz CT molecular complexity index is 460. The molecule has 1 atom stereocenters. The molecular formula is C14H19NO3S. The molecule has 1 aromatic carbocycles. The molecule has 0 saturated carbocycles. The summed E-state index contributed by atoms with van der Waals surface area (Å²) in [4.78, 5) is 23.7. The minimum Gasteiger partial charge on any atom is -0.481 e. The zero-order chi connectivity index (χ0) is 14.4. The summed E-state index contributed by atoms with van der Waals surface area (Å²) in [5.41, 5.74) is 0.596. The van der Waals surface area contributed by atoms with Crippen molar-refractivity contribution >= 4 is 23.6 Å². The summed E-state index contributed by atoms with van der Waals surface area (Å²) in [6.07, 6.45) is 0. The highest BCUT2D eigenvalue weighted by Gasteiger charge is 2.15. The van der Waals surface area contributed by atoms with E-state index in [0.717, 1.165) is 4.90 Å². The van der Waals surface area contributed by atoms with Crippen LogP contribution in [0.2, 0.25) is 0 Å². The van der Waals surface area contributed by atoms with Crippen LogP contribution in [0.1, 0.15) is 31.1 Å². The van der Waals surface area contributed by atoms with Gasteiger partial charge in [0.05, 0.1) is 11.5 Å². The van der Waals surface area contributed by atoms with Gasteiger partial charge in [0, 0.05) is 16.7 Å². The lowest BCUT2D eigenvalue weighted by Crippen LogP contribution is -2.31. The third-order valence-electron chi connectivity index (χ3n) is 2.48. The van der Waals surface area contributed by atoms with Crippen molar-refractivity contribution in [3.05, 3.63) is 29.8 Å². The molecule has 0 bridgehead atoms. The number of hydrogen-bond acceptors (Lipinski definition) is 3. The number of carbonyl (C=O) groups is 2. The predicted molar refractivity (Wildman–Crippen MR) is 76.6 cm³/mol. The molecule has 0 aliphatic rings. The third-order valence-corrected chi connectivity index (χ3v) is 3.57. The molecule has 0 heterocycles. The van der Waals surface area contributed by atoms with Crippen LogP contribution in [0.25, 0.3) is 0 Å². The Morgan fingerprint density at radius 3 is 2.47 bits per heavy atom. The van der Waals surface area contributed by atoms with Crippen LogP contribution < -0.4 is 5.32 Å². The Kier molecular flexibility index (Phi) is 5.89. The minimum atomic E-state index is -0.912. The van der Waals surface area contributed by atoms with Gasteiger partial charge in [0.25, 0.3) is 5.91 Å². The first-order valence-electron chi connectivity index (χ1n) is 6.18. The Hall–Kier alpha value is -1.49. The second-order valence-electron chi connectivity index (χ2n) is 4.61. The third kappa shape index (κ3) is 4.95. The van der Waals surface area contributed by atoms with Gasteiger partial charge in [-0.1, -0.05) is 32.9 Å². The number of nitrogens with one attached hydrogen (secondary N) is 1. The lowest BCUT2D eigenvalue weighted by Gasteiger charge is -2.12. The first kappa shape index (κ1) is 15.6. The summed E-state index contributed by atoms with van der Waals surface area (Å²) in [5, 5.41) is 11.8. The van der Waals surface area contributed by atoms with Crippen molar-refractivity contribution in [3.63, 3.8) is 0 Å². The lowest BCUT2D eigenvalue weighted by atomic mass is 10.1. The van der Waals surface area contributed by atoms with Crippen LogP contribution in [-0.2, 0) is 4.79 Å². The smallest absolute Gasteiger partial charge is 0.308 e. The molecule has 0 spiro atoms. The normalized spacial score (nSPS) is 12.2. The van der Waals surface area contributed by atoms with Crippen LogP contribution in [-0.4, -0.2) is 28.8 Å². The summed E-state index contributed by atoms with van der Waals surface area (Å²) in [6.45, 7) is 5.82. The summed E-state index contributed by atoms with van der Waals surface area (Å²) in [6, 6.07) is 7.35. The number of hydrogen-bond donors (Lipinski definition) is 2. The van der Waals surface area contributed by atoms with E-state index in [0.29, 0.717) is 10.8 Å². The van der Waals surface area contributed by atoms with E-state index in [2.05, 4.69) is 19.2 Å². The van der Waals surface area contributed by atoms with Crippen molar-refractivity contribution in [2.24, 2.45) is 5.92 Å². The molecular weight excluding hydrogens is 262 g/mol. The second-order valence-corrected chi connectivity index (χ2v) is 6.23. The Labute approximate surface area is 117 Å². The maximum absolute atomic E-state index is 12.1. The van der Waals surface area contributed by atoms with E-state index in [-0.39, 0.29) is 12.5 Å². The van der Waals surface area contributed by atoms with E-state index in [4.69, 9.17) is 5.11 Å². The number of amides is 1. The Morgan fingerprint density at radius 2 is 1.89 bits per heavy atom. The van der Waals surface area contributed by atoms with Crippen LogP contribution in [0, 0.1) is 5.92 Å². The molecule has 0 aromatic heterocycles. The predicted octanol–water partition coefficient (Wildman–Crippen LogP) is 2.64. The van der Waals surface area contributed by atoms with Crippen molar-refractivity contribution < 1.29 is 14.7 Å². The van der Waals surface area contributed by atoms with Crippen LogP contribution in [0.5, 0.6) is 0 Å². The van der Waals surface area contributed by atoms with Gasteiger partial charge in [0.15, 0.2) is 0 Å². The fourth-order valence-electron chi connectivity index (χ4n) is 1.44. The fourth-order valence-corrected chi connectivity index (χ4v) is 2.39. The van der Waals surface area contributed by atoms with Crippen LogP contribution in [0.3, 0.4) is 0 Å². The van der Waals surface area contributed by atoms with Gasteiger partial charge in [0.2, 0.25) is 0 Å². The van der Waals surface area contributed by atoms with E-state index < -0.39 is 11.9 Å². The number of carboxylic acids is 1. The number of carboxylic acid groups (broad SMARTS) is 1. The quantitative estimate of drug-likeness (QED) is 0.787. The minimum absolute atomic E-state index is 0.134. The molecule has 0 aliphatic heterocycles. The van der Waals surface area contributed by atoms with Crippen molar-refractivity contribution in [1.29, 1.82) is 0 Å². The number of rotatable bonds is 6. The molecule has 2 N–H and O–H groups in total. The average Bonchev–Trinajstić information content (AvgIpc) is 2.35. The molecule has 19 heavy (non-hydrogen) atoms. The van der Waals surface area contributed by atoms with Gasteiger partial charge in [-0.2, -0.15) is 0 Å². The summed E-state index contributed by atoms with van der Waals surface area (Å²) in [7, 11) is 0. The first-order chi connectivity index (χ1) is 8.91. The summed E-state index contributed by atoms with van der Waals surface area (Å²) >= 11 is 1.62. The maximum Gasteiger partial charge on any atom is 0.308 e. The maximum atomic E-state index is 12.1. The number of aliphatic carboxylic acids is 1. The average molecular weight is 281 g/mol. The molecule has 1 aromatic rings. The van der Waals surface area contributed by atoms with Gasteiger partial charge >= 0.3 is 5.97 Å². The van der Waals surface area contributed by atoms with E-state index in [9.17, 15) is 9.59 Å². The molecule has 0 radical (unpaired) electrons. The highest BCUT2D eigenvalue weighted by Crippen LogP contribution is 2.26. The first-order valence-corrected chi connectivity index (χ1v) is 7.06. The van der Waals surface area contributed by atoms with E-state index in [1.807, 2.05) is 12.1 Å². The van der Waals surface area contributed by atoms with Gasteiger partial charge in [0.1, 0.15) is 0 Å². The topological polar surface area (TPSA) is 66.4 Å². The van der Waals surface area contributed by atoms with Gasteiger partial charge in [-0.05, 0) is 12.1 Å². The second kappa shape index (κ2) is 7.19. The highest BCUT2D eigenvalue weighted by atomic mass is 32.2. The standard InChI is InChI=1S/C14H19NO3S/c1-9(2)19-12-7-5-4-6-11(12)13(16)15-8-10(3)14(17)18/h4-7,9-10H,8H2,1-3H3,(H,15,16)(H,17,18). The Morgan fingerprint density at radius 1 is 1.26 bits per heavy atom. The molecule has 104 valence electrons. The number of benzene rings is 1. The molecule has 1 unspecified atom stereocenters. The van der Waals surface area contributed by atoms with Crippen LogP contribution in [0.4, 0.5) is 0 Å². The lowest BCUT2D eigenvalue weighted by molar-refractivity contribution is -0.140. The molecule has 0 fully saturated rings. The van der Waals surface area contributed by atoms with Crippen LogP contribution in [0.15, 0.2) is 29.2 Å².